The first kappa shape index (κ1) is 13.9. The number of hydrogen-bond donors (Lipinski definition) is 1. The highest BCUT2D eigenvalue weighted by atomic mass is 32.1. The van der Waals surface area contributed by atoms with Crippen LogP contribution < -0.4 is 5.73 Å². The van der Waals surface area contributed by atoms with E-state index in [4.69, 9.17) is 18.0 Å². The molecule has 0 radical (unpaired) electrons. The summed E-state index contributed by atoms with van der Waals surface area (Å²) in [5.74, 6) is -0.587. The summed E-state index contributed by atoms with van der Waals surface area (Å²) >= 11 is 4.69. The Morgan fingerprint density at radius 1 is 1.35 bits per heavy atom. The van der Waals surface area contributed by atoms with E-state index in [-0.39, 0.29) is 10.6 Å². The molecular formula is C10H9F4NOS. The zero-order chi connectivity index (χ0) is 13.1. The number of nitrogens with two attached hydrogens (primary N) is 1. The largest absolute Gasteiger partial charge is 0.411 e. The van der Waals surface area contributed by atoms with E-state index < -0.39 is 25.2 Å². The predicted molar refractivity (Wildman–Crippen MR) is 58.0 cm³/mol. The Hall–Kier alpha value is -1.21. The summed E-state index contributed by atoms with van der Waals surface area (Å²) in [5.41, 5.74) is 5.86. The first-order valence-corrected chi connectivity index (χ1v) is 4.93. The Balaban J connectivity index is 2.75. The van der Waals surface area contributed by atoms with Crippen LogP contribution >= 0.6 is 12.2 Å². The minimum Gasteiger partial charge on any atom is -0.389 e. The molecule has 2 nitrogen and oxygen atoms in total. The van der Waals surface area contributed by atoms with Gasteiger partial charge in [-0.2, -0.15) is 13.2 Å². The van der Waals surface area contributed by atoms with Gasteiger partial charge in [0.2, 0.25) is 0 Å². The third-order valence-electron chi connectivity index (χ3n) is 1.86. The summed E-state index contributed by atoms with van der Waals surface area (Å²) in [6, 6.07) is 3.48. The van der Waals surface area contributed by atoms with Crippen molar-refractivity contribution >= 4 is 17.2 Å². The molecule has 0 heterocycles. The molecule has 0 aliphatic heterocycles. The van der Waals surface area contributed by atoms with Crippen LogP contribution in [0.25, 0.3) is 0 Å². The maximum Gasteiger partial charge on any atom is 0.411 e. The molecule has 0 bridgehead atoms. The lowest BCUT2D eigenvalue weighted by molar-refractivity contribution is -0.176. The van der Waals surface area contributed by atoms with Gasteiger partial charge in [0.1, 0.15) is 17.4 Å². The van der Waals surface area contributed by atoms with E-state index >= 15 is 0 Å². The van der Waals surface area contributed by atoms with Crippen LogP contribution in [0.5, 0.6) is 0 Å². The van der Waals surface area contributed by atoms with Crippen molar-refractivity contribution in [2.45, 2.75) is 12.8 Å². The molecule has 2 N–H and O–H groups in total. The summed E-state index contributed by atoms with van der Waals surface area (Å²) in [6.07, 6.45) is -4.42. The average molecular weight is 267 g/mol. The van der Waals surface area contributed by atoms with Gasteiger partial charge in [-0.05, 0) is 23.8 Å². The quantitative estimate of drug-likeness (QED) is 0.672. The summed E-state index contributed by atoms with van der Waals surface area (Å²) in [5, 5.41) is 0. The molecule has 0 aliphatic rings. The van der Waals surface area contributed by atoms with Crippen LogP contribution in [0.1, 0.15) is 11.1 Å². The van der Waals surface area contributed by atoms with Gasteiger partial charge in [0.25, 0.3) is 0 Å². The lowest BCUT2D eigenvalue weighted by atomic mass is 10.1. The number of benzene rings is 1. The maximum atomic E-state index is 12.9. The number of ether oxygens (including phenoxy) is 1. The normalized spacial score (nSPS) is 11.5. The van der Waals surface area contributed by atoms with Crippen molar-refractivity contribution in [1.82, 2.24) is 0 Å². The fourth-order valence-electron chi connectivity index (χ4n) is 1.20. The number of rotatable bonds is 4. The van der Waals surface area contributed by atoms with Gasteiger partial charge in [0, 0.05) is 5.56 Å². The van der Waals surface area contributed by atoms with Crippen LogP contribution in [0.4, 0.5) is 17.6 Å². The first-order valence-electron chi connectivity index (χ1n) is 4.52. The molecule has 17 heavy (non-hydrogen) atoms. The monoisotopic (exact) mass is 267 g/mol. The van der Waals surface area contributed by atoms with Crippen LogP contribution in [0.3, 0.4) is 0 Å². The van der Waals surface area contributed by atoms with Crippen molar-refractivity contribution in [3.8, 4) is 0 Å². The molecular weight excluding hydrogens is 258 g/mol. The maximum absolute atomic E-state index is 12.9. The lowest BCUT2D eigenvalue weighted by Crippen LogP contribution is -2.18. The van der Waals surface area contributed by atoms with Gasteiger partial charge in [-0.25, -0.2) is 4.39 Å². The average Bonchev–Trinajstić information content (AvgIpc) is 2.15. The molecule has 0 atom stereocenters. The van der Waals surface area contributed by atoms with Crippen molar-refractivity contribution < 1.29 is 22.3 Å². The fraction of sp³-hybridized carbons (Fsp3) is 0.300. The summed E-state index contributed by atoms with van der Waals surface area (Å²) in [6.45, 7) is -1.80. The van der Waals surface area contributed by atoms with Crippen LogP contribution in [0.2, 0.25) is 0 Å². The van der Waals surface area contributed by atoms with Gasteiger partial charge in [-0.3, -0.25) is 0 Å². The topological polar surface area (TPSA) is 35.2 Å². The standard InChI is InChI=1S/C10H9F4NOS/c11-7-1-2-8(9(15)17)6(3-7)4-16-5-10(12,13)14/h1-3H,4-5H2,(H2,15,17). The summed E-state index contributed by atoms with van der Waals surface area (Å²) in [7, 11) is 0. The Morgan fingerprint density at radius 3 is 2.53 bits per heavy atom. The lowest BCUT2D eigenvalue weighted by Gasteiger charge is -2.10. The predicted octanol–water partition coefficient (Wildman–Crippen LogP) is 2.54. The first-order chi connectivity index (χ1) is 7.79. The summed E-state index contributed by atoms with van der Waals surface area (Å²) < 4.78 is 52.9. The number of halogens is 4. The molecule has 1 aromatic rings. The van der Waals surface area contributed by atoms with E-state index in [0.717, 1.165) is 12.1 Å². The van der Waals surface area contributed by atoms with Gasteiger partial charge in [0.15, 0.2) is 0 Å². The van der Waals surface area contributed by atoms with E-state index in [9.17, 15) is 17.6 Å². The van der Waals surface area contributed by atoms with Crippen molar-refractivity contribution in [2.75, 3.05) is 6.61 Å². The highest BCUT2D eigenvalue weighted by molar-refractivity contribution is 7.80. The van der Waals surface area contributed by atoms with Gasteiger partial charge >= 0.3 is 6.18 Å². The van der Waals surface area contributed by atoms with Gasteiger partial charge in [0.05, 0.1) is 6.61 Å². The number of thiocarbonyl (C=S) groups is 1. The molecule has 0 saturated carbocycles. The van der Waals surface area contributed by atoms with Crippen LogP contribution in [-0.2, 0) is 11.3 Å². The van der Waals surface area contributed by atoms with Crippen molar-refractivity contribution in [3.05, 3.63) is 35.1 Å². The third-order valence-corrected chi connectivity index (χ3v) is 2.08. The molecule has 7 heteroatoms. The van der Waals surface area contributed by atoms with E-state index in [1.807, 2.05) is 0 Å². The molecule has 0 saturated heterocycles. The fourth-order valence-corrected chi connectivity index (χ4v) is 1.40. The minimum atomic E-state index is -4.42. The molecule has 0 fully saturated rings. The second-order valence-electron chi connectivity index (χ2n) is 3.27. The molecule has 1 rings (SSSR count). The molecule has 0 aromatic heterocycles. The minimum absolute atomic E-state index is 0.0180. The van der Waals surface area contributed by atoms with Crippen LogP contribution in [0.15, 0.2) is 18.2 Å². The second kappa shape index (κ2) is 5.42. The molecule has 0 aliphatic carbocycles. The SMILES string of the molecule is NC(=S)c1ccc(F)cc1COCC(F)(F)F. The highest BCUT2D eigenvalue weighted by Crippen LogP contribution is 2.17. The highest BCUT2D eigenvalue weighted by Gasteiger charge is 2.27. The Labute approximate surface area is 100 Å². The van der Waals surface area contributed by atoms with Crippen molar-refractivity contribution in [2.24, 2.45) is 5.73 Å². The molecule has 0 amide bonds. The van der Waals surface area contributed by atoms with Crippen molar-refractivity contribution in [3.63, 3.8) is 0 Å². The molecule has 0 spiro atoms. The van der Waals surface area contributed by atoms with Gasteiger partial charge in [-0.1, -0.05) is 12.2 Å². The Kier molecular flexibility index (Phi) is 4.41. The molecule has 1 aromatic carbocycles. The zero-order valence-electron chi connectivity index (χ0n) is 8.55. The van der Waals surface area contributed by atoms with Crippen molar-refractivity contribution in [1.29, 1.82) is 0 Å². The third kappa shape index (κ3) is 4.66. The zero-order valence-corrected chi connectivity index (χ0v) is 9.37. The van der Waals surface area contributed by atoms with Crippen LogP contribution in [-0.4, -0.2) is 17.8 Å². The Bertz CT molecular complexity index is 419. The van der Waals surface area contributed by atoms with E-state index in [1.54, 1.807) is 0 Å². The van der Waals surface area contributed by atoms with E-state index in [1.165, 1.54) is 6.07 Å². The molecule has 94 valence electrons. The van der Waals surface area contributed by atoms with E-state index in [0.29, 0.717) is 5.56 Å². The summed E-state index contributed by atoms with van der Waals surface area (Å²) in [4.78, 5) is -0.0180. The van der Waals surface area contributed by atoms with E-state index in [2.05, 4.69) is 4.74 Å². The van der Waals surface area contributed by atoms with Gasteiger partial charge < -0.3 is 10.5 Å². The molecule has 0 unspecified atom stereocenters. The smallest absolute Gasteiger partial charge is 0.389 e. The number of hydrogen-bond acceptors (Lipinski definition) is 2. The second-order valence-corrected chi connectivity index (χ2v) is 3.71. The Morgan fingerprint density at radius 2 is 2.00 bits per heavy atom. The van der Waals surface area contributed by atoms with Gasteiger partial charge in [-0.15, -0.1) is 0 Å². The number of alkyl halides is 3. The van der Waals surface area contributed by atoms with Crippen LogP contribution in [0, 0.1) is 5.82 Å².